The average molecular weight is 251 g/mol. The van der Waals surface area contributed by atoms with Crippen LogP contribution in [-0.2, 0) is 0 Å². The van der Waals surface area contributed by atoms with Gasteiger partial charge in [-0.15, -0.1) is 0 Å². The molecule has 0 spiro atoms. The second kappa shape index (κ2) is 6.93. The highest BCUT2D eigenvalue weighted by molar-refractivity contribution is 4.84. The summed E-state index contributed by atoms with van der Waals surface area (Å²) in [6.45, 7) is 7.25. The van der Waals surface area contributed by atoms with Crippen molar-refractivity contribution >= 4 is 0 Å². The van der Waals surface area contributed by atoms with E-state index in [1.54, 1.807) is 0 Å². The van der Waals surface area contributed by atoms with Crippen LogP contribution in [0.25, 0.3) is 0 Å². The first kappa shape index (κ1) is 14.4. The molecule has 2 atom stereocenters. The van der Waals surface area contributed by atoms with Crippen molar-refractivity contribution in [3.63, 3.8) is 0 Å². The molecule has 0 bridgehead atoms. The minimum atomic E-state index is 0.813. The van der Waals surface area contributed by atoms with Gasteiger partial charge in [0.2, 0.25) is 0 Å². The second-order valence-corrected chi connectivity index (χ2v) is 7.24. The van der Waals surface area contributed by atoms with E-state index in [4.69, 9.17) is 0 Å². The SMILES string of the molecule is CC(C)C1CCC(NC2CCCCCC2C)CC1. The van der Waals surface area contributed by atoms with Gasteiger partial charge < -0.3 is 5.32 Å². The fourth-order valence-corrected chi connectivity index (χ4v) is 4.00. The first-order chi connectivity index (χ1) is 8.66. The number of hydrogen-bond acceptors (Lipinski definition) is 1. The van der Waals surface area contributed by atoms with E-state index in [1.165, 1.54) is 57.8 Å². The lowest BCUT2D eigenvalue weighted by atomic mass is 9.79. The van der Waals surface area contributed by atoms with E-state index < -0.39 is 0 Å². The molecule has 106 valence electrons. The van der Waals surface area contributed by atoms with Gasteiger partial charge in [0, 0.05) is 12.1 Å². The van der Waals surface area contributed by atoms with E-state index in [2.05, 4.69) is 26.1 Å². The Morgan fingerprint density at radius 2 is 1.50 bits per heavy atom. The van der Waals surface area contributed by atoms with Crippen molar-refractivity contribution < 1.29 is 0 Å². The number of nitrogens with one attached hydrogen (secondary N) is 1. The maximum absolute atomic E-state index is 4.01. The van der Waals surface area contributed by atoms with Crippen LogP contribution in [-0.4, -0.2) is 12.1 Å². The molecule has 1 N–H and O–H groups in total. The van der Waals surface area contributed by atoms with E-state index in [0.29, 0.717) is 0 Å². The standard InChI is InChI=1S/C17H33N/c1-13(2)15-9-11-16(12-10-15)18-17-8-6-4-5-7-14(17)3/h13-18H,4-12H2,1-3H3. The third-order valence-corrected chi connectivity index (χ3v) is 5.53. The maximum atomic E-state index is 4.01. The summed E-state index contributed by atoms with van der Waals surface area (Å²) in [6.07, 6.45) is 13.0. The molecule has 0 saturated heterocycles. The van der Waals surface area contributed by atoms with E-state index in [-0.39, 0.29) is 0 Å². The third kappa shape index (κ3) is 3.98. The summed E-state index contributed by atoms with van der Waals surface area (Å²) in [7, 11) is 0. The van der Waals surface area contributed by atoms with Gasteiger partial charge in [0.25, 0.3) is 0 Å². The Morgan fingerprint density at radius 3 is 2.17 bits per heavy atom. The number of rotatable bonds is 3. The fourth-order valence-electron chi connectivity index (χ4n) is 4.00. The Balaban J connectivity index is 1.76. The van der Waals surface area contributed by atoms with Gasteiger partial charge in [-0.05, 0) is 56.3 Å². The zero-order valence-electron chi connectivity index (χ0n) is 12.8. The van der Waals surface area contributed by atoms with Gasteiger partial charge in [-0.1, -0.05) is 40.0 Å². The first-order valence-electron chi connectivity index (χ1n) is 8.43. The molecule has 0 aromatic heterocycles. The summed E-state index contributed by atoms with van der Waals surface area (Å²) in [4.78, 5) is 0. The van der Waals surface area contributed by atoms with Crippen LogP contribution in [0.4, 0.5) is 0 Å². The van der Waals surface area contributed by atoms with Crippen LogP contribution in [0, 0.1) is 17.8 Å². The summed E-state index contributed by atoms with van der Waals surface area (Å²) >= 11 is 0. The molecule has 1 heteroatoms. The van der Waals surface area contributed by atoms with Crippen molar-refractivity contribution in [3.05, 3.63) is 0 Å². The molecule has 2 fully saturated rings. The monoisotopic (exact) mass is 251 g/mol. The lowest BCUT2D eigenvalue weighted by Crippen LogP contribution is -2.43. The van der Waals surface area contributed by atoms with Gasteiger partial charge in [0.1, 0.15) is 0 Å². The van der Waals surface area contributed by atoms with Gasteiger partial charge >= 0.3 is 0 Å². The molecule has 0 aromatic rings. The average Bonchev–Trinajstić information content (AvgIpc) is 2.56. The van der Waals surface area contributed by atoms with E-state index in [0.717, 1.165) is 29.8 Å². The van der Waals surface area contributed by atoms with Gasteiger partial charge in [-0.2, -0.15) is 0 Å². The van der Waals surface area contributed by atoms with Crippen LogP contribution in [0.5, 0.6) is 0 Å². The minimum Gasteiger partial charge on any atom is -0.311 e. The van der Waals surface area contributed by atoms with Crippen LogP contribution in [0.15, 0.2) is 0 Å². The van der Waals surface area contributed by atoms with E-state index >= 15 is 0 Å². The van der Waals surface area contributed by atoms with Crippen molar-refractivity contribution in [2.75, 3.05) is 0 Å². The van der Waals surface area contributed by atoms with Crippen molar-refractivity contribution in [3.8, 4) is 0 Å². The second-order valence-electron chi connectivity index (χ2n) is 7.24. The molecular weight excluding hydrogens is 218 g/mol. The zero-order chi connectivity index (χ0) is 13.0. The molecule has 1 nitrogen and oxygen atoms in total. The van der Waals surface area contributed by atoms with Gasteiger partial charge in [-0.25, -0.2) is 0 Å². The summed E-state index contributed by atoms with van der Waals surface area (Å²) in [5, 5.41) is 4.01. The van der Waals surface area contributed by atoms with Crippen LogP contribution in [0.3, 0.4) is 0 Å². The molecule has 2 saturated carbocycles. The fraction of sp³-hybridized carbons (Fsp3) is 1.00. The molecule has 2 rings (SSSR count). The van der Waals surface area contributed by atoms with E-state index in [9.17, 15) is 0 Å². The third-order valence-electron chi connectivity index (χ3n) is 5.53. The van der Waals surface area contributed by atoms with Gasteiger partial charge in [0.05, 0.1) is 0 Å². The van der Waals surface area contributed by atoms with Crippen LogP contribution in [0.2, 0.25) is 0 Å². The Labute approximate surface area is 114 Å². The highest BCUT2D eigenvalue weighted by Gasteiger charge is 2.27. The van der Waals surface area contributed by atoms with Gasteiger partial charge in [-0.3, -0.25) is 0 Å². The Kier molecular flexibility index (Phi) is 5.54. The predicted octanol–water partition coefficient (Wildman–Crippen LogP) is 4.76. The summed E-state index contributed by atoms with van der Waals surface area (Å²) < 4.78 is 0. The normalized spacial score (nSPS) is 38.7. The van der Waals surface area contributed by atoms with Crippen molar-refractivity contribution in [1.82, 2.24) is 5.32 Å². The predicted molar refractivity (Wildman–Crippen MR) is 79.8 cm³/mol. The Hall–Kier alpha value is -0.0400. The molecule has 0 amide bonds. The van der Waals surface area contributed by atoms with Crippen LogP contribution < -0.4 is 5.32 Å². The minimum absolute atomic E-state index is 0.813. The summed E-state index contributed by atoms with van der Waals surface area (Å²) in [5.41, 5.74) is 0. The molecule has 2 unspecified atom stereocenters. The first-order valence-corrected chi connectivity index (χ1v) is 8.43. The molecule has 0 heterocycles. The van der Waals surface area contributed by atoms with E-state index in [1.807, 2.05) is 0 Å². The Bertz CT molecular complexity index is 228. The maximum Gasteiger partial charge on any atom is 0.00952 e. The zero-order valence-corrected chi connectivity index (χ0v) is 12.8. The highest BCUT2D eigenvalue weighted by Crippen LogP contribution is 2.31. The molecular formula is C17H33N. The largest absolute Gasteiger partial charge is 0.311 e. The van der Waals surface area contributed by atoms with Crippen molar-refractivity contribution in [1.29, 1.82) is 0 Å². The van der Waals surface area contributed by atoms with Crippen molar-refractivity contribution in [2.24, 2.45) is 17.8 Å². The smallest absolute Gasteiger partial charge is 0.00952 e. The number of hydrogen-bond donors (Lipinski definition) is 1. The van der Waals surface area contributed by atoms with Gasteiger partial charge in [0.15, 0.2) is 0 Å². The van der Waals surface area contributed by atoms with Crippen LogP contribution >= 0.6 is 0 Å². The molecule has 2 aliphatic carbocycles. The summed E-state index contributed by atoms with van der Waals surface area (Å²) in [5.74, 6) is 2.78. The quantitative estimate of drug-likeness (QED) is 0.713. The topological polar surface area (TPSA) is 12.0 Å². The van der Waals surface area contributed by atoms with Crippen LogP contribution in [0.1, 0.15) is 78.6 Å². The lowest BCUT2D eigenvalue weighted by Gasteiger charge is -2.35. The highest BCUT2D eigenvalue weighted by atomic mass is 15.0. The summed E-state index contributed by atoms with van der Waals surface area (Å²) in [6, 6.07) is 1.64. The van der Waals surface area contributed by atoms with Crippen molar-refractivity contribution in [2.45, 2.75) is 90.6 Å². The lowest BCUT2D eigenvalue weighted by molar-refractivity contribution is 0.212. The molecule has 18 heavy (non-hydrogen) atoms. The Morgan fingerprint density at radius 1 is 0.833 bits per heavy atom. The molecule has 0 aliphatic heterocycles. The molecule has 2 aliphatic rings. The molecule has 0 radical (unpaired) electrons. The molecule has 0 aromatic carbocycles.